The van der Waals surface area contributed by atoms with E-state index >= 15 is 0 Å². The Morgan fingerprint density at radius 1 is 1.13 bits per heavy atom. The minimum atomic E-state index is -3.92. The average molecular weight is 327 g/mol. The second-order valence-corrected chi connectivity index (χ2v) is 6.35. The first-order valence-electron chi connectivity index (χ1n) is 6.61. The van der Waals surface area contributed by atoms with Gasteiger partial charge in [0.2, 0.25) is 0 Å². The van der Waals surface area contributed by atoms with Gasteiger partial charge in [0.05, 0.1) is 10.5 Å². The second kappa shape index (κ2) is 6.91. The molecule has 0 bridgehead atoms. The molecule has 0 atom stereocenters. The zero-order valence-electron chi connectivity index (χ0n) is 12.2. The Balaban J connectivity index is 2.39. The summed E-state index contributed by atoms with van der Waals surface area (Å²) < 4.78 is 27.8. The monoisotopic (exact) mass is 327 g/mol. The normalized spacial score (nSPS) is 11.2. The highest BCUT2D eigenvalue weighted by molar-refractivity contribution is 7.90. The van der Waals surface area contributed by atoms with Gasteiger partial charge in [-0.05, 0) is 25.1 Å². The van der Waals surface area contributed by atoms with Crippen LogP contribution in [0.2, 0.25) is 0 Å². The Morgan fingerprint density at radius 2 is 1.78 bits per heavy atom. The predicted octanol–water partition coefficient (Wildman–Crippen LogP) is 2.29. The van der Waals surface area contributed by atoms with Gasteiger partial charge in [-0.25, -0.2) is 0 Å². The van der Waals surface area contributed by atoms with Crippen LogP contribution in [0.3, 0.4) is 0 Å². The first kappa shape index (κ1) is 16.5. The van der Waals surface area contributed by atoms with Crippen LogP contribution < -0.4 is 0 Å². The molecule has 0 aliphatic heterocycles. The zero-order chi connectivity index (χ0) is 16.9. The number of benzene rings is 2. The maximum absolute atomic E-state index is 12.1. The van der Waals surface area contributed by atoms with E-state index in [1.54, 1.807) is 24.3 Å². The van der Waals surface area contributed by atoms with Crippen LogP contribution in [0.1, 0.15) is 21.5 Å². The van der Waals surface area contributed by atoms with Gasteiger partial charge in [0.1, 0.15) is 6.21 Å². The van der Waals surface area contributed by atoms with Gasteiger partial charge in [-0.1, -0.05) is 35.9 Å². The molecule has 2 aromatic carbocycles. The molecule has 0 unspecified atom stereocenters. The number of rotatable bonds is 5. The third-order valence-corrected chi connectivity index (χ3v) is 4.35. The molecular formula is C16H13N3O3S. The minimum Gasteiger partial charge on any atom is -0.361 e. The van der Waals surface area contributed by atoms with E-state index in [9.17, 15) is 13.2 Å². The van der Waals surface area contributed by atoms with E-state index in [1.807, 2.05) is 6.92 Å². The van der Waals surface area contributed by atoms with Gasteiger partial charge < -0.3 is 5.53 Å². The Bertz CT molecular complexity index is 910. The van der Waals surface area contributed by atoms with Crippen molar-refractivity contribution in [3.05, 3.63) is 70.8 Å². The van der Waals surface area contributed by atoms with Crippen LogP contribution in [0.25, 0.3) is 5.53 Å². The maximum Gasteiger partial charge on any atom is 0.342 e. The van der Waals surface area contributed by atoms with E-state index in [0.717, 1.165) is 11.8 Å². The number of carbonyl (C=O) groups is 1. The molecule has 7 heteroatoms. The second-order valence-electron chi connectivity index (χ2n) is 4.71. The molecule has 6 nitrogen and oxygen atoms in total. The third-order valence-electron chi connectivity index (χ3n) is 3.10. The Morgan fingerprint density at radius 3 is 2.39 bits per heavy atom. The lowest BCUT2D eigenvalue weighted by molar-refractivity contribution is -0.000115. The summed E-state index contributed by atoms with van der Waals surface area (Å²) in [6.45, 7) is 1.84. The van der Waals surface area contributed by atoms with Gasteiger partial charge in [0, 0.05) is 5.56 Å². The number of sulfonamides is 1. The van der Waals surface area contributed by atoms with Crippen LogP contribution >= 0.6 is 0 Å². The molecule has 0 aromatic heterocycles. The highest BCUT2D eigenvalue weighted by Crippen LogP contribution is 2.13. The predicted molar refractivity (Wildman–Crippen MR) is 86.4 cm³/mol. The number of hydrogen-bond donors (Lipinski definition) is 0. The van der Waals surface area contributed by atoms with Gasteiger partial charge >= 0.3 is 5.71 Å². The summed E-state index contributed by atoms with van der Waals surface area (Å²) in [4.78, 5) is 14.1. The molecule has 0 amide bonds. The van der Waals surface area contributed by atoms with Crippen molar-refractivity contribution in [2.45, 2.75) is 11.8 Å². The number of nitrogens with zero attached hydrogens (tertiary/aromatic N) is 3. The molecule has 0 N–H and O–H groups in total. The van der Waals surface area contributed by atoms with E-state index in [4.69, 9.17) is 5.53 Å². The number of carbonyl (C=O) groups excluding carboxylic acids is 1. The Hall–Kier alpha value is -2.89. The molecule has 0 aliphatic carbocycles. The summed E-state index contributed by atoms with van der Waals surface area (Å²) in [5.41, 5.74) is 10.4. The molecule has 0 saturated carbocycles. The summed E-state index contributed by atoms with van der Waals surface area (Å²) in [7, 11) is -3.92. The molecule has 0 saturated heterocycles. The highest BCUT2D eigenvalue weighted by atomic mass is 32.2. The van der Waals surface area contributed by atoms with E-state index in [-0.39, 0.29) is 21.7 Å². The van der Waals surface area contributed by atoms with E-state index in [0.29, 0.717) is 6.29 Å². The van der Waals surface area contributed by atoms with Crippen molar-refractivity contribution in [3.63, 3.8) is 0 Å². The van der Waals surface area contributed by atoms with Gasteiger partial charge in [-0.15, -0.1) is 0 Å². The quantitative estimate of drug-likeness (QED) is 0.364. The maximum atomic E-state index is 12.1. The SMILES string of the molecule is Cc1ccc(S(=O)(=O)/N=C/C(=[N+]=[N-])c2ccccc2C=O)cc1. The van der Waals surface area contributed by atoms with Crippen LogP contribution in [0.15, 0.2) is 57.8 Å². The lowest BCUT2D eigenvalue weighted by Crippen LogP contribution is -2.09. The van der Waals surface area contributed by atoms with Crippen molar-refractivity contribution in [3.8, 4) is 0 Å². The number of hydrogen-bond acceptors (Lipinski definition) is 3. The minimum absolute atomic E-state index is 0.0281. The summed E-state index contributed by atoms with van der Waals surface area (Å²) in [6.07, 6.45) is 1.50. The average Bonchev–Trinajstić information content (AvgIpc) is 2.56. The summed E-state index contributed by atoms with van der Waals surface area (Å²) in [5, 5.41) is 0. The molecule has 23 heavy (non-hydrogen) atoms. The Kier molecular flexibility index (Phi) is 4.95. The van der Waals surface area contributed by atoms with Crippen molar-refractivity contribution < 1.29 is 18.0 Å². The number of aldehydes is 1. The largest absolute Gasteiger partial charge is 0.361 e. The van der Waals surface area contributed by atoms with E-state index in [1.165, 1.54) is 24.3 Å². The number of aryl methyl sites for hydroxylation is 1. The van der Waals surface area contributed by atoms with Crippen molar-refractivity contribution in [1.82, 2.24) is 0 Å². The molecule has 0 radical (unpaired) electrons. The first-order chi connectivity index (χ1) is 11.0. The smallest absolute Gasteiger partial charge is 0.342 e. The molecular weight excluding hydrogens is 314 g/mol. The fourth-order valence-corrected chi connectivity index (χ4v) is 2.71. The molecule has 116 valence electrons. The standard InChI is InChI=1S/C16H13N3O3S/c1-12-6-8-14(9-7-12)23(21,22)18-10-16(19-17)15-5-3-2-4-13(15)11-20/h2-11H,1H3/b18-10+. The summed E-state index contributed by atoms with van der Waals surface area (Å²) >= 11 is 0. The van der Waals surface area contributed by atoms with Crippen LogP contribution in [0.4, 0.5) is 0 Å². The van der Waals surface area contributed by atoms with Crippen molar-refractivity contribution in [2.24, 2.45) is 4.40 Å². The fraction of sp³-hybridized carbons (Fsp3) is 0.0625. The van der Waals surface area contributed by atoms with Crippen molar-refractivity contribution in [1.29, 1.82) is 0 Å². The van der Waals surface area contributed by atoms with Gasteiger partial charge in [-0.3, -0.25) is 4.79 Å². The Labute approximate surface area is 133 Å². The first-order valence-corrected chi connectivity index (χ1v) is 8.05. The summed E-state index contributed by atoms with van der Waals surface area (Å²) in [5.74, 6) is 0. The van der Waals surface area contributed by atoms with Gasteiger partial charge in [0.25, 0.3) is 10.0 Å². The van der Waals surface area contributed by atoms with Crippen LogP contribution in [-0.4, -0.2) is 31.4 Å². The molecule has 2 rings (SSSR count). The van der Waals surface area contributed by atoms with Gasteiger partial charge in [-0.2, -0.15) is 17.6 Å². The van der Waals surface area contributed by atoms with Crippen LogP contribution in [0, 0.1) is 6.92 Å². The molecule has 0 aliphatic rings. The lowest BCUT2D eigenvalue weighted by atomic mass is 10.0. The van der Waals surface area contributed by atoms with Crippen molar-refractivity contribution in [2.75, 3.05) is 0 Å². The van der Waals surface area contributed by atoms with E-state index in [2.05, 4.69) is 9.19 Å². The van der Waals surface area contributed by atoms with Crippen molar-refractivity contribution >= 4 is 28.2 Å². The molecule has 0 heterocycles. The highest BCUT2D eigenvalue weighted by Gasteiger charge is 2.17. The van der Waals surface area contributed by atoms with Crippen LogP contribution in [-0.2, 0) is 10.0 Å². The topological polar surface area (TPSA) is 100.0 Å². The van der Waals surface area contributed by atoms with Gasteiger partial charge in [0.15, 0.2) is 6.29 Å². The molecule has 0 fully saturated rings. The van der Waals surface area contributed by atoms with Crippen LogP contribution in [0.5, 0.6) is 0 Å². The van der Waals surface area contributed by atoms with E-state index < -0.39 is 10.0 Å². The third kappa shape index (κ3) is 3.85. The lowest BCUT2D eigenvalue weighted by Gasteiger charge is -1.99. The fourth-order valence-electron chi connectivity index (χ4n) is 1.87. The molecule has 0 spiro atoms. The summed E-state index contributed by atoms with van der Waals surface area (Å²) in [6, 6.07) is 12.5. The zero-order valence-corrected chi connectivity index (χ0v) is 13.1. The molecule has 2 aromatic rings.